The van der Waals surface area contributed by atoms with E-state index in [1.165, 1.54) is 76.7 Å². The number of fused-ring (bicyclic) bond motifs is 7. The van der Waals surface area contributed by atoms with Crippen molar-refractivity contribution in [1.82, 2.24) is 0 Å². The number of hydrogen-bond donors (Lipinski definition) is 0. The van der Waals surface area contributed by atoms with Crippen LogP contribution in [-0.2, 0) is 0 Å². The first-order valence-corrected chi connectivity index (χ1v) is 21.6. The largest absolute Gasteiger partial charge is 0.333 e. The molecule has 0 fully saturated rings. The van der Waals surface area contributed by atoms with Crippen molar-refractivity contribution in [3.05, 3.63) is 247 Å². The van der Waals surface area contributed by atoms with Gasteiger partial charge in [0.2, 0.25) is 0 Å². The summed E-state index contributed by atoms with van der Waals surface area (Å²) in [5.41, 5.74) is 14.2. The van der Waals surface area contributed by atoms with Crippen LogP contribution >= 0.6 is 0 Å². The van der Waals surface area contributed by atoms with E-state index in [4.69, 9.17) is 0 Å². The van der Waals surface area contributed by atoms with Crippen LogP contribution in [0, 0.1) is 0 Å². The van der Waals surface area contributed by atoms with Crippen molar-refractivity contribution in [2.45, 2.75) is 12.0 Å². The van der Waals surface area contributed by atoms with Crippen molar-refractivity contribution in [3.63, 3.8) is 0 Å². The molecule has 1 heterocycles. The molecule has 2 heteroatoms. The standard InChI is InChI=1S/C60H42N2/c1-2-16-42(17-3-1)50-22-8-12-26-56(50)61(48-36-34-41(35-37-48)47-33-32-44-31-30-43-18-6-7-21-49(43)54(44)38-47)57-27-13-9-23-51(57)52-24-10-14-28-58(52)62-59-29-15-11-25-53(59)55-39-45-19-4-5-20-46(45)40-60(55)62/h1-40,55,60H. The van der Waals surface area contributed by atoms with Crippen LogP contribution in [0.15, 0.2) is 231 Å². The van der Waals surface area contributed by atoms with Gasteiger partial charge in [-0.25, -0.2) is 0 Å². The zero-order chi connectivity index (χ0) is 41.0. The molecule has 292 valence electrons. The Bertz CT molecular complexity index is 3440. The Labute approximate surface area is 362 Å². The van der Waals surface area contributed by atoms with E-state index in [2.05, 4.69) is 252 Å². The van der Waals surface area contributed by atoms with Gasteiger partial charge in [-0.1, -0.05) is 200 Å². The molecule has 0 N–H and O–H groups in total. The van der Waals surface area contributed by atoms with Crippen molar-refractivity contribution in [1.29, 1.82) is 0 Å². The molecule has 2 atom stereocenters. The molecular formula is C60H42N2. The van der Waals surface area contributed by atoms with Crippen molar-refractivity contribution >= 4 is 62.1 Å². The second-order valence-corrected chi connectivity index (χ2v) is 16.4. The summed E-state index contributed by atoms with van der Waals surface area (Å²) < 4.78 is 0. The van der Waals surface area contributed by atoms with Crippen molar-refractivity contribution in [2.24, 2.45) is 0 Å². The molecule has 62 heavy (non-hydrogen) atoms. The summed E-state index contributed by atoms with van der Waals surface area (Å²) in [5.74, 6) is 0.249. The maximum absolute atomic E-state index is 2.59. The topological polar surface area (TPSA) is 6.48 Å². The van der Waals surface area contributed by atoms with Crippen LogP contribution in [0.4, 0.5) is 28.4 Å². The molecule has 0 saturated carbocycles. The van der Waals surface area contributed by atoms with E-state index in [-0.39, 0.29) is 12.0 Å². The first-order valence-electron chi connectivity index (χ1n) is 21.6. The minimum Gasteiger partial charge on any atom is -0.333 e. The molecule has 0 amide bonds. The highest BCUT2D eigenvalue weighted by Gasteiger charge is 2.39. The fraction of sp³-hybridized carbons (Fsp3) is 0.0333. The minimum atomic E-state index is 0.145. The van der Waals surface area contributed by atoms with Crippen LogP contribution < -0.4 is 20.2 Å². The molecule has 2 nitrogen and oxygen atoms in total. The summed E-state index contributed by atoms with van der Waals surface area (Å²) >= 11 is 0. The zero-order valence-electron chi connectivity index (χ0n) is 34.1. The van der Waals surface area contributed by atoms with E-state index in [0.29, 0.717) is 0 Å². The highest BCUT2D eigenvalue weighted by atomic mass is 15.2. The summed E-state index contributed by atoms with van der Waals surface area (Å²) in [7, 11) is 0. The third-order valence-electron chi connectivity index (χ3n) is 13.0. The highest BCUT2D eigenvalue weighted by molar-refractivity contribution is 6.09. The number of anilines is 5. The summed E-state index contributed by atoms with van der Waals surface area (Å²) in [6, 6.07) is 84.5. The maximum atomic E-state index is 2.59. The summed E-state index contributed by atoms with van der Waals surface area (Å²) in [4.78, 5) is 5.05. The van der Waals surface area contributed by atoms with Gasteiger partial charge < -0.3 is 9.80 Å². The van der Waals surface area contributed by atoms with Gasteiger partial charge in [0.15, 0.2) is 0 Å². The van der Waals surface area contributed by atoms with Crippen LogP contribution in [0.1, 0.15) is 11.5 Å². The molecular weight excluding hydrogens is 749 g/mol. The molecule has 10 aromatic rings. The summed E-state index contributed by atoms with van der Waals surface area (Å²) in [5, 5.41) is 7.65. The van der Waals surface area contributed by atoms with Gasteiger partial charge in [0, 0.05) is 39.7 Å². The monoisotopic (exact) mass is 790 g/mol. The lowest BCUT2D eigenvalue weighted by Gasteiger charge is -2.33. The van der Waals surface area contributed by atoms with Gasteiger partial charge >= 0.3 is 0 Å². The number of hydrogen-bond acceptors (Lipinski definition) is 2. The van der Waals surface area contributed by atoms with Gasteiger partial charge in [-0.2, -0.15) is 0 Å². The number of benzene rings is 10. The molecule has 0 radical (unpaired) electrons. The molecule has 0 bridgehead atoms. The van der Waals surface area contributed by atoms with Crippen LogP contribution in [0.2, 0.25) is 0 Å². The molecule has 12 rings (SSSR count). The highest BCUT2D eigenvalue weighted by Crippen LogP contribution is 2.52. The van der Waals surface area contributed by atoms with E-state index >= 15 is 0 Å². The van der Waals surface area contributed by atoms with Crippen LogP contribution in [-0.4, -0.2) is 6.04 Å². The van der Waals surface area contributed by atoms with E-state index in [9.17, 15) is 0 Å². The van der Waals surface area contributed by atoms with E-state index in [1.54, 1.807) is 0 Å². The van der Waals surface area contributed by atoms with Gasteiger partial charge in [0.05, 0.1) is 17.4 Å². The number of nitrogens with zero attached hydrogens (tertiary/aromatic N) is 2. The van der Waals surface area contributed by atoms with Gasteiger partial charge in [-0.15, -0.1) is 0 Å². The third kappa shape index (κ3) is 6.03. The summed E-state index contributed by atoms with van der Waals surface area (Å²) in [6.07, 6.45) is 4.95. The Morgan fingerprint density at radius 1 is 0.355 bits per heavy atom. The van der Waals surface area contributed by atoms with Gasteiger partial charge in [0.1, 0.15) is 0 Å². The number of rotatable bonds is 7. The zero-order valence-corrected chi connectivity index (χ0v) is 34.1. The molecule has 2 aliphatic rings. The number of para-hydroxylation sites is 4. The Balaban J connectivity index is 1.03. The Hall–Kier alpha value is -7.94. The smallest absolute Gasteiger partial charge is 0.0635 e. The molecule has 0 spiro atoms. The van der Waals surface area contributed by atoms with Crippen LogP contribution in [0.3, 0.4) is 0 Å². The average Bonchev–Trinajstić information content (AvgIpc) is 3.66. The average molecular weight is 791 g/mol. The van der Waals surface area contributed by atoms with Gasteiger partial charge in [0.25, 0.3) is 0 Å². The lowest BCUT2D eigenvalue weighted by Crippen LogP contribution is -2.38. The molecule has 2 unspecified atom stereocenters. The third-order valence-corrected chi connectivity index (χ3v) is 13.0. The summed E-state index contributed by atoms with van der Waals surface area (Å²) in [6.45, 7) is 0. The SMILES string of the molecule is C1=c2ccccc2=CC2C1c1ccccc1N2c1ccccc1-c1ccccc1N(c1ccc(-c2ccc3ccc4ccccc4c3c2)cc1)c1ccccc1-c1ccccc1. The first kappa shape index (κ1) is 36.0. The fourth-order valence-electron chi connectivity index (χ4n) is 10.1. The molecule has 0 aromatic heterocycles. The molecule has 0 saturated heterocycles. The Morgan fingerprint density at radius 3 is 1.73 bits per heavy atom. The van der Waals surface area contributed by atoms with Gasteiger partial charge in [-0.3, -0.25) is 0 Å². The van der Waals surface area contributed by atoms with E-state index in [1.807, 2.05) is 0 Å². The van der Waals surface area contributed by atoms with Crippen molar-refractivity contribution in [3.8, 4) is 33.4 Å². The van der Waals surface area contributed by atoms with Crippen molar-refractivity contribution in [2.75, 3.05) is 9.80 Å². The van der Waals surface area contributed by atoms with Crippen LogP contribution in [0.25, 0.3) is 67.1 Å². The second-order valence-electron chi connectivity index (χ2n) is 16.4. The van der Waals surface area contributed by atoms with E-state index in [0.717, 1.165) is 22.6 Å². The lowest BCUT2D eigenvalue weighted by molar-refractivity contribution is 0.802. The fourth-order valence-corrected chi connectivity index (χ4v) is 10.1. The van der Waals surface area contributed by atoms with Gasteiger partial charge in [-0.05, 0) is 96.7 Å². The Kier molecular flexibility index (Phi) is 8.67. The normalized spacial score (nSPS) is 15.0. The molecule has 1 aliphatic carbocycles. The Morgan fingerprint density at radius 2 is 0.919 bits per heavy atom. The van der Waals surface area contributed by atoms with Crippen molar-refractivity contribution < 1.29 is 0 Å². The quantitative estimate of drug-likeness (QED) is 0.148. The second kappa shape index (κ2) is 15.0. The lowest BCUT2D eigenvalue weighted by atomic mass is 9.89. The predicted octanol–water partition coefficient (Wildman–Crippen LogP) is 14.3. The molecule has 1 aliphatic heterocycles. The van der Waals surface area contributed by atoms with Crippen LogP contribution in [0.5, 0.6) is 0 Å². The first-order chi connectivity index (χ1) is 30.8. The maximum Gasteiger partial charge on any atom is 0.0635 e. The predicted molar refractivity (Wildman–Crippen MR) is 262 cm³/mol. The van der Waals surface area contributed by atoms with E-state index < -0.39 is 0 Å². The minimum absolute atomic E-state index is 0.145. The molecule has 10 aromatic carbocycles.